The number of carbonyl (C=O) groups is 1. The second-order valence-corrected chi connectivity index (χ2v) is 6.57. The molecule has 4 rings (SSSR count). The maximum Gasteiger partial charge on any atom is 0.257 e. The number of nitrogens with zero attached hydrogens (tertiary/aromatic N) is 4. The van der Waals surface area contributed by atoms with Gasteiger partial charge in [-0.3, -0.25) is 4.79 Å². The fraction of sp³-hybridized carbons (Fsp3) is 0.500. The molecule has 1 saturated heterocycles. The highest BCUT2D eigenvalue weighted by Crippen LogP contribution is 2.29. The summed E-state index contributed by atoms with van der Waals surface area (Å²) in [6, 6.07) is 7.41. The van der Waals surface area contributed by atoms with Crippen molar-refractivity contribution in [2.24, 2.45) is 0 Å². The monoisotopic (exact) mass is 341 g/mol. The Morgan fingerprint density at radius 2 is 2.00 bits per heavy atom. The van der Waals surface area contributed by atoms with E-state index < -0.39 is 0 Å². The molecule has 7 nitrogen and oxygen atoms in total. The maximum absolute atomic E-state index is 12.8. The van der Waals surface area contributed by atoms with E-state index in [-0.39, 0.29) is 5.91 Å². The van der Waals surface area contributed by atoms with E-state index in [1.54, 1.807) is 7.11 Å². The van der Waals surface area contributed by atoms with Gasteiger partial charge in [0.25, 0.3) is 5.91 Å². The molecule has 0 aliphatic carbocycles. The summed E-state index contributed by atoms with van der Waals surface area (Å²) in [6.07, 6.45) is 1.85. The number of methoxy groups -OCH3 is 1. The van der Waals surface area contributed by atoms with Crippen LogP contribution < -0.4 is 10.1 Å². The lowest BCUT2D eigenvalue weighted by Gasteiger charge is -2.32. The predicted octanol–water partition coefficient (Wildman–Crippen LogP) is 1.41. The number of hydrogen-bond acceptors (Lipinski definition) is 5. The number of para-hydroxylation sites is 1. The van der Waals surface area contributed by atoms with Crippen LogP contribution in [0.5, 0.6) is 5.75 Å². The minimum atomic E-state index is 0.0448. The number of hydrogen-bond donors (Lipinski definition) is 1. The summed E-state index contributed by atoms with van der Waals surface area (Å²) in [4.78, 5) is 14.7. The highest BCUT2D eigenvalue weighted by molar-refractivity contribution is 5.97. The Labute approximate surface area is 147 Å². The molecule has 1 N–H and O–H groups in total. The summed E-state index contributed by atoms with van der Waals surface area (Å²) in [5.74, 6) is 3.16. The number of likely N-dealkylation sites (tertiary alicyclic amines) is 1. The third-order valence-electron chi connectivity index (χ3n) is 5.14. The predicted molar refractivity (Wildman–Crippen MR) is 92.6 cm³/mol. The van der Waals surface area contributed by atoms with E-state index in [1.165, 1.54) is 0 Å². The van der Waals surface area contributed by atoms with E-state index in [1.807, 2.05) is 29.2 Å². The van der Waals surface area contributed by atoms with Gasteiger partial charge in [0.15, 0.2) is 0 Å². The van der Waals surface area contributed by atoms with Gasteiger partial charge in [-0.05, 0) is 25.0 Å². The second kappa shape index (κ2) is 6.84. The van der Waals surface area contributed by atoms with Crippen LogP contribution in [0.25, 0.3) is 0 Å². The Balaban J connectivity index is 1.45. The molecule has 1 aromatic carbocycles. The van der Waals surface area contributed by atoms with Crippen LogP contribution in [0.15, 0.2) is 24.3 Å². The highest BCUT2D eigenvalue weighted by atomic mass is 16.5. The largest absolute Gasteiger partial charge is 0.496 e. The van der Waals surface area contributed by atoms with Crippen LogP contribution in [0.3, 0.4) is 0 Å². The van der Waals surface area contributed by atoms with Gasteiger partial charge in [-0.2, -0.15) is 0 Å². The van der Waals surface area contributed by atoms with Gasteiger partial charge in [-0.1, -0.05) is 12.1 Å². The molecule has 1 amide bonds. The van der Waals surface area contributed by atoms with Crippen molar-refractivity contribution in [1.82, 2.24) is 25.0 Å². The molecule has 7 heteroatoms. The Hall–Kier alpha value is -2.41. The van der Waals surface area contributed by atoms with Crippen molar-refractivity contribution in [3.63, 3.8) is 0 Å². The molecule has 3 heterocycles. The summed E-state index contributed by atoms with van der Waals surface area (Å²) in [5.41, 5.74) is 0.634. The quantitative estimate of drug-likeness (QED) is 0.914. The number of amides is 1. The van der Waals surface area contributed by atoms with Crippen molar-refractivity contribution in [2.45, 2.75) is 31.8 Å². The Kier molecular flexibility index (Phi) is 4.40. The standard InChI is InChI=1S/C18H23N5O2/c1-25-15-5-3-2-4-14(15)18(24)22-9-6-13(7-10-22)17-21-20-16-12-19-8-11-23(16)17/h2-5,13,19H,6-12H2,1H3. The average Bonchev–Trinajstić information content (AvgIpc) is 3.11. The summed E-state index contributed by atoms with van der Waals surface area (Å²) < 4.78 is 7.57. The first-order chi connectivity index (χ1) is 12.3. The molecule has 2 aliphatic heterocycles. The molecule has 1 aromatic heterocycles. The van der Waals surface area contributed by atoms with Crippen molar-refractivity contribution in [3.8, 4) is 5.75 Å². The van der Waals surface area contributed by atoms with Crippen molar-refractivity contribution in [2.75, 3.05) is 26.7 Å². The first-order valence-corrected chi connectivity index (χ1v) is 8.83. The van der Waals surface area contributed by atoms with Gasteiger partial charge >= 0.3 is 0 Å². The van der Waals surface area contributed by atoms with Gasteiger partial charge in [0.05, 0.1) is 19.2 Å². The number of rotatable bonds is 3. The topological polar surface area (TPSA) is 72.3 Å². The van der Waals surface area contributed by atoms with Crippen LogP contribution in [0.1, 0.15) is 40.8 Å². The number of piperidine rings is 1. The van der Waals surface area contributed by atoms with Crippen molar-refractivity contribution >= 4 is 5.91 Å². The van der Waals surface area contributed by atoms with Crippen LogP contribution in [0.2, 0.25) is 0 Å². The first kappa shape index (κ1) is 16.1. The van der Waals surface area contributed by atoms with E-state index in [9.17, 15) is 4.79 Å². The lowest BCUT2D eigenvalue weighted by molar-refractivity contribution is 0.0706. The van der Waals surface area contributed by atoms with Crippen molar-refractivity contribution in [3.05, 3.63) is 41.5 Å². The fourth-order valence-electron chi connectivity index (χ4n) is 3.75. The van der Waals surface area contributed by atoms with Gasteiger partial charge in [0.1, 0.15) is 17.4 Å². The number of carbonyl (C=O) groups excluding carboxylic acids is 1. The van der Waals surface area contributed by atoms with Gasteiger partial charge in [0.2, 0.25) is 0 Å². The molecule has 0 radical (unpaired) electrons. The average molecular weight is 341 g/mol. The lowest BCUT2D eigenvalue weighted by atomic mass is 9.95. The number of aromatic nitrogens is 3. The van der Waals surface area contributed by atoms with Crippen LogP contribution >= 0.6 is 0 Å². The third-order valence-corrected chi connectivity index (χ3v) is 5.14. The van der Waals surface area contributed by atoms with Gasteiger partial charge in [0, 0.05) is 32.1 Å². The molecule has 2 aromatic rings. The van der Waals surface area contributed by atoms with Crippen LogP contribution in [0.4, 0.5) is 0 Å². The lowest BCUT2D eigenvalue weighted by Crippen LogP contribution is -2.39. The van der Waals surface area contributed by atoms with Crippen molar-refractivity contribution < 1.29 is 9.53 Å². The van der Waals surface area contributed by atoms with E-state index in [0.29, 0.717) is 17.2 Å². The molecule has 25 heavy (non-hydrogen) atoms. The van der Waals surface area contributed by atoms with Gasteiger partial charge in [-0.15, -0.1) is 10.2 Å². The minimum Gasteiger partial charge on any atom is -0.496 e. The van der Waals surface area contributed by atoms with Crippen LogP contribution in [-0.2, 0) is 13.1 Å². The molecule has 0 unspecified atom stereocenters. The van der Waals surface area contributed by atoms with Gasteiger partial charge < -0.3 is 19.5 Å². The van der Waals surface area contributed by atoms with Crippen LogP contribution in [0, 0.1) is 0 Å². The third kappa shape index (κ3) is 3.00. The first-order valence-electron chi connectivity index (χ1n) is 8.83. The van der Waals surface area contributed by atoms with E-state index >= 15 is 0 Å². The summed E-state index contributed by atoms with van der Waals surface area (Å²) in [6.45, 7) is 4.16. The van der Waals surface area contributed by atoms with Crippen LogP contribution in [-0.4, -0.2) is 52.3 Å². The SMILES string of the molecule is COc1ccccc1C(=O)N1CCC(c2nnc3n2CCNC3)CC1. The summed E-state index contributed by atoms with van der Waals surface area (Å²) in [5, 5.41) is 12.1. The maximum atomic E-state index is 12.8. The zero-order valence-electron chi connectivity index (χ0n) is 14.4. The van der Waals surface area contributed by atoms with Gasteiger partial charge in [-0.25, -0.2) is 0 Å². The second-order valence-electron chi connectivity index (χ2n) is 6.57. The Morgan fingerprint density at radius 3 is 2.80 bits per heavy atom. The Bertz CT molecular complexity index is 765. The summed E-state index contributed by atoms with van der Waals surface area (Å²) >= 11 is 0. The van der Waals surface area contributed by atoms with E-state index in [2.05, 4.69) is 20.1 Å². The van der Waals surface area contributed by atoms with Crippen molar-refractivity contribution in [1.29, 1.82) is 0 Å². The summed E-state index contributed by atoms with van der Waals surface area (Å²) in [7, 11) is 1.60. The molecule has 0 bridgehead atoms. The molecule has 0 spiro atoms. The zero-order chi connectivity index (χ0) is 17.2. The molecular formula is C18H23N5O2. The molecule has 2 aliphatic rings. The fourth-order valence-corrected chi connectivity index (χ4v) is 3.75. The number of benzene rings is 1. The molecule has 132 valence electrons. The molecular weight excluding hydrogens is 318 g/mol. The van der Waals surface area contributed by atoms with E-state index in [4.69, 9.17) is 4.74 Å². The Morgan fingerprint density at radius 1 is 1.20 bits per heavy atom. The normalized spacial score (nSPS) is 18.0. The molecule has 1 fully saturated rings. The number of fused-ring (bicyclic) bond motifs is 1. The van der Waals surface area contributed by atoms with E-state index in [0.717, 1.165) is 57.2 Å². The molecule has 0 atom stereocenters. The minimum absolute atomic E-state index is 0.0448. The highest BCUT2D eigenvalue weighted by Gasteiger charge is 2.29. The number of ether oxygens (including phenoxy) is 1. The number of nitrogens with one attached hydrogen (secondary N) is 1. The smallest absolute Gasteiger partial charge is 0.257 e. The molecule has 0 saturated carbocycles. The zero-order valence-corrected chi connectivity index (χ0v) is 14.4.